The number of para-hydroxylation sites is 2. The predicted octanol–water partition coefficient (Wildman–Crippen LogP) is 2.94. The first kappa shape index (κ1) is 19.2. The molecule has 132 valence electrons. The maximum Gasteiger partial charge on any atom is 0.292 e. The molecule has 6 nitrogen and oxygen atoms in total. The Morgan fingerprint density at radius 3 is 2.60 bits per heavy atom. The molecular weight excluding hydrogens is 365 g/mol. The predicted molar refractivity (Wildman–Crippen MR) is 98.2 cm³/mol. The summed E-state index contributed by atoms with van der Waals surface area (Å²) >= 11 is 12.2. The van der Waals surface area contributed by atoms with Gasteiger partial charge < -0.3 is 10.2 Å². The van der Waals surface area contributed by atoms with Crippen molar-refractivity contribution in [3.8, 4) is 0 Å². The second-order valence-electron chi connectivity index (χ2n) is 5.72. The quantitative estimate of drug-likeness (QED) is 0.595. The molecule has 0 aliphatic heterocycles. The zero-order chi connectivity index (χ0) is 18.6. The van der Waals surface area contributed by atoms with Crippen LogP contribution in [0.5, 0.6) is 0 Å². The molecule has 2 rings (SSSR count). The lowest BCUT2D eigenvalue weighted by Gasteiger charge is -2.21. The molecule has 2 N–H and O–H groups in total. The highest BCUT2D eigenvalue weighted by atomic mass is 35.5. The number of nitro benzene ring substituents is 1. The zero-order valence-electron chi connectivity index (χ0n) is 13.8. The van der Waals surface area contributed by atoms with E-state index in [4.69, 9.17) is 23.2 Å². The molecule has 0 spiro atoms. The fourth-order valence-electron chi connectivity index (χ4n) is 2.34. The molecule has 0 heterocycles. The number of nitrogens with one attached hydrogen (secondary N) is 2. The fraction of sp³-hybridized carbons (Fsp3) is 0.235. The van der Waals surface area contributed by atoms with E-state index >= 15 is 0 Å². The van der Waals surface area contributed by atoms with E-state index in [9.17, 15) is 14.9 Å². The van der Waals surface area contributed by atoms with Gasteiger partial charge in [0.1, 0.15) is 12.2 Å². The number of carbonyl (C=O) groups excluding carboxylic acids is 1. The summed E-state index contributed by atoms with van der Waals surface area (Å²) in [6, 6.07) is 10.9. The molecule has 2 atom stereocenters. The van der Waals surface area contributed by atoms with Crippen molar-refractivity contribution < 1.29 is 14.6 Å². The second kappa shape index (κ2) is 8.29. The fourth-order valence-corrected chi connectivity index (χ4v) is 2.73. The van der Waals surface area contributed by atoms with Crippen LogP contribution in [0.1, 0.15) is 12.5 Å². The topological polar surface area (TPSA) is 76.7 Å². The summed E-state index contributed by atoms with van der Waals surface area (Å²) in [7, 11) is 1.85. The Kier molecular flexibility index (Phi) is 6.36. The zero-order valence-corrected chi connectivity index (χ0v) is 15.3. The monoisotopic (exact) mass is 382 g/mol. The molecular formula is C17H18Cl2N3O3+. The standard InChI is InChI=1S/C17H17Cl2N3O3/c1-11(21(2)10-12-6-5-7-13(18)16(12)19)17(23)20-14-8-3-4-9-15(14)22(24)25/h3-9,11H,10H2,1-2H3,(H,20,23)/p+1/t11-/m1/s1. The van der Waals surface area contributed by atoms with Crippen molar-refractivity contribution in [1.82, 2.24) is 0 Å². The summed E-state index contributed by atoms with van der Waals surface area (Å²) in [6.45, 7) is 2.24. The summed E-state index contributed by atoms with van der Waals surface area (Å²) in [5.41, 5.74) is 0.869. The van der Waals surface area contributed by atoms with Crippen molar-refractivity contribution in [2.75, 3.05) is 12.4 Å². The van der Waals surface area contributed by atoms with Gasteiger partial charge in [0.05, 0.1) is 22.0 Å². The molecule has 0 radical (unpaired) electrons. The number of nitro groups is 1. The average molecular weight is 383 g/mol. The first-order chi connectivity index (χ1) is 11.8. The lowest BCUT2D eigenvalue weighted by Crippen LogP contribution is -3.12. The van der Waals surface area contributed by atoms with Crippen LogP contribution in [0.3, 0.4) is 0 Å². The molecule has 0 saturated heterocycles. The van der Waals surface area contributed by atoms with Crippen LogP contribution in [0.4, 0.5) is 11.4 Å². The number of carbonyl (C=O) groups is 1. The number of anilines is 1. The Morgan fingerprint density at radius 1 is 1.24 bits per heavy atom. The van der Waals surface area contributed by atoms with Gasteiger partial charge in [-0.25, -0.2) is 0 Å². The van der Waals surface area contributed by atoms with Crippen molar-refractivity contribution in [3.63, 3.8) is 0 Å². The number of quaternary nitrogens is 1. The molecule has 0 fully saturated rings. The van der Waals surface area contributed by atoms with Crippen LogP contribution in [0.2, 0.25) is 10.0 Å². The van der Waals surface area contributed by atoms with Crippen molar-refractivity contribution in [2.24, 2.45) is 0 Å². The molecule has 0 saturated carbocycles. The first-order valence-electron chi connectivity index (χ1n) is 7.60. The van der Waals surface area contributed by atoms with Gasteiger partial charge in [-0.2, -0.15) is 0 Å². The minimum atomic E-state index is -0.525. The van der Waals surface area contributed by atoms with Gasteiger partial charge in [0.2, 0.25) is 0 Å². The smallest absolute Gasteiger partial charge is 0.292 e. The second-order valence-corrected chi connectivity index (χ2v) is 6.51. The summed E-state index contributed by atoms with van der Waals surface area (Å²) in [5, 5.41) is 14.6. The van der Waals surface area contributed by atoms with E-state index in [-0.39, 0.29) is 17.3 Å². The number of hydrogen-bond acceptors (Lipinski definition) is 3. The minimum Gasteiger partial charge on any atom is -0.324 e. The lowest BCUT2D eigenvalue weighted by atomic mass is 10.1. The minimum absolute atomic E-state index is 0.140. The lowest BCUT2D eigenvalue weighted by molar-refractivity contribution is -0.907. The van der Waals surface area contributed by atoms with Crippen molar-refractivity contribution in [1.29, 1.82) is 0 Å². The van der Waals surface area contributed by atoms with E-state index in [1.807, 2.05) is 13.1 Å². The van der Waals surface area contributed by atoms with Gasteiger partial charge in [0.25, 0.3) is 11.6 Å². The van der Waals surface area contributed by atoms with E-state index in [1.165, 1.54) is 12.1 Å². The van der Waals surface area contributed by atoms with Gasteiger partial charge in [-0.3, -0.25) is 14.9 Å². The van der Waals surface area contributed by atoms with Crippen LogP contribution < -0.4 is 10.2 Å². The Bertz CT molecular complexity index is 798. The molecule has 25 heavy (non-hydrogen) atoms. The highest BCUT2D eigenvalue weighted by Crippen LogP contribution is 2.25. The van der Waals surface area contributed by atoms with Gasteiger partial charge in [-0.15, -0.1) is 0 Å². The number of rotatable bonds is 6. The van der Waals surface area contributed by atoms with E-state index in [1.54, 1.807) is 31.2 Å². The number of hydrogen-bond donors (Lipinski definition) is 2. The van der Waals surface area contributed by atoms with Gasteiger partial charge in [-0.1, -0.05) is 47.5 Å². The normalized spacial score (nSPS) is 13.1. The van der Waals surface area contributed by atoms with Gasteiger partial charge in [0, 0.05) is 11.6 Å². The van der Waals surface area contributed by atoms with Gasteiger partial charge in [0.15, 0.2) is 6.04 Å². The Labute approximate surface area is 155 Å². The molecule has 2 aromatic rings. The molecule has 0 aliphatic carbocycles. The summed E-state index contributed by atoms with van der Waals surface area (Å²) in [6.07, 6.45) is 0. The van der Waals surface area contributed by atoms with E-state index in [0.29, 0.717) is 16.6 Å². The van der Waals surface area contributed by atoms with Gasteiger partial charge in [-0.05, 0) is 19.1 Å². The third kappa shape index (κ3) is 4.69. The van der Waals surface area contributed by atoms with E-state index in [0.717, 1.165) is 10.5 Å². The van der Waals surface area contributed by atoms with Crippen LogP contribution >= 0.6 is 23.2 Å². The van der Waals surface area contributed by atoms with Crippen LogP contribution in [0, 0.1) is 10.1 Å². The van der Waals surface area contributed by atoms with Crippen LogP contribution in [0.25, 0.3) is 0 Å². The average Bonchev–Trinajstić information content (AvgIpc) is 2.58. The molecule has 0 aromatic heterocycles. The molecule has 1 amide bonds. The third-order valence-electron chi connectivity index (χ3n) is 3.99. The van der Waals surface area contributed by atoms with Crippen molar-refractivity contribution in [2.45, 2.75) is 19.5 Å². The summed E-state index contributed by atoms with van der Waals surface area (Å²) < 4.78 is 0. The molecule has 0 bridgehead atoms. The SMILES string of the molecule is C[C@H](C(=O)Nc1ccccc1[N+](=O)[O-])[NH+](C)Cc1cccc(Cl)c1Cl. The summed E-state index contributed by atoms with van der Waals surface area (Å²) in [5.74, 6) is -0.315. The highest BCUT2D eigenvalue weighted by Gasteiger charge is 2.25. The van der Waals surface area contributed by atoms with E-state index < -0.39 is 11.0 Å². The number of nitrogens with zero attached hydrogens (tertiary/aromatic N) is 1. The number of halogens is 2. The first-order valence-corrected chi connectivity index (χ1v) is 8.36. The Morgan fingerprint density at radius 2 is 1.92 bits per heavy atom. The van der Waals surface area contributed by atoms with Crippen molar-refractivity contribution >= 4 is 40.5 Å². The molecule has 8 heteroatoms. The van der Waals surface area contributed by atoms with Crippen LogP contribution in [-0.4, -0.2) is 23.9 Å². The molecule has 0 aliphatic rings. The number of amides is 1. The van der Waals surface area contributed by atoms with Crippen LogP contribution in [-0.2, 0) is 11.3 Å². The van der Waals surface area contributed by atoms with Gasteiger partial charge >= 0.3 is 0 Å². The van der Waals surface area contributed by atoms with Crippen LogP contribution in [0.15, 0.2) is 42.5 Å². The molecule has 1 unspecified atom stereocenters. The van der Waals surface area contributed by atoms with Crippen molar-refractivity contribution in [3.05, 3.63) is 68.2 Å². The Hall–Kier alpha value is -2.15. The largest absolute Gasteiger partial charge is 0.324 e. The summed E-state index contributed by atoms with van der Waals surface area (Å²) in [4.78, 5) is 23.8. The third-order valence-corrected chi connectivity index (χ3v) is 4.85. The van der Waals surface area contributed by atoms with E-state index in [2.05, 4.69) is 5.32 Å². The maximum absolute atomic E-state index is 12.5. The highest BCUT2D eigenvalue weighted by molar-refractivity contribution is 6.42. The molecule has 2 aromatic carbocycles. The Balaban J connectivity index is 2.09. The maximum atomic E-state index is 12.5. The number of benzene rings is 2. The number of likely N-dealkylation sites (N-methyl/N-ethyl adjacent to an activating group) is 1.